The second-order valence-electron chi connectivity index (χ2n) is 5.09. The molecule has 6 heteroatoms. The van der Waals surface area contributed by atoms with Crippen molar-refractivity contribution in [1.29, 1.82) is 0 Å². The summed E-state index contributed by atoms with van der Waals surface area (Å²) in [5, 5.41) is 7.31. The van der Waals surface area contributed by atoms with Gasteiger partial charge in [-0.15, -0.1) is 0 Å². The second-order valence-corrected chi connectivity index (χ2v) is 6.01. The van der Waals surface area contributed by atoms with Crippen LogP contribution >= 0.6 is 15.9 Å². The summed E-state index contributed by atoms with van der Waals surface area (Å²) in [5.74, 6) is -0.144. The molecule has 0 saturated carbocycles. The number of nitrogens with zero attached hydrogens (tertiary/aromatic N) is 3. The molecule has 0 radical (unpaired) electrons. The van der Waals surface area contributed by atoms with Gasteiger partial charge in [-0.25, -0.2) is 4.68 Å². The average Bonchev–Trinajstić information content (AvgIpc) is 2.96. The van der Waals surface area contributed by atoms with Crippen LogP contribution in [0.5, 0.6) is 0 Å². The third-order valence-electron chi connectivity index (χ3n) is 3.41. The van der Waals surface area contributed by atoms with Crippen LogP contribution in [0.1, 0.15) is 21.6 Å². The van der Waals surface area contributed by atoms with E-state index in [9.17, 15) is 4.79 Å². The Kier molecular flexibility index (Phi) is 4.52. The summed E-state index contributed by atoms with van der Waals surface area (Å²) in [4.78, 5) is 16.4. The fourth-order valence-corrected chi connectivity index (χ4v) is 2.45. The van der Waals surface area contributed by atoms with E-state index in [4.69, 9.17) is 0 Å². The van der Waals surface area contributed by atoms with E-state index in [1.807, 2.05) is 43.3 Å². The van der Waals surface area contributed by atoms with Crippen LogP contribution < -0.4 is 5.32 Å². The Hall–Kier alpha value is -2.47. The largest absolute Gasteiger partial charge is 0.348 e. The first-order chi connectivity index (χ1) is 11.1. The maximum Gasteiger partial charge on any atom is 0.255 e. The predicted molar refractivity (Wildman–Crippen MR) is 91.4 cm³/mol. The summed E-state index contributed by atoms with van der Waals surface area (Å²) in [7, 11) is 0. The van der Waals surface area contributed by atoms with Crippen molar-refractivity contribution in [1.82, 2.24) is 20.1 Å². The molecule has 2 heterocycles. The summed E-state index contributed by atoms with van der Waals surface area (Å²) in [5.41, 5.74) is 3.12. The quantitative estimate of drug-likeness (QED) is 0.766. The molecule has 0 saturated heterocycles. The molecule has 5 nitrogen and oxygen atoms in total. The Bertz CT molecular complexity index is 812. The number of hydrogen-bond donors (Lipinski definition) is 1. The van der Waals surface area contributed by atoms with Crippen molar-refractivity contribution in [3.8, 4) is 5.69 Å². The van der Waals surface area contributed by atoms with Gasteiger partial charge in [-0.3, -0.25) is 9.78 Å². The van der Waals surface area contributed by atoms with Crippen LogP contribution in [0.4, 0.5) is 0 Å². The minimum Gasteiger partial charge on any atom is -0.348 e. The smallest absolute Gasteiger partial charge is 0.255 e. The van der Waals surface area contributed by atoms with E-state index >= 15 is 0 Å². The molecular weight excluding hydrogens is 356 g/mol. The number of rotatable bonds is 4. The fraction of sp³-hybridized carbons (Fsp3) is 0.118. The van der Waals surface area contributed by atoms with Crippen LogP contribution in [-0.2, 0) is 6.54 Å². The van der Waals surface area contributed by atoms with E-state index in [0.717, 1.165) is 15.7 Å². The standard InChI is InChI=1S/C17H15BrN4O/c1-12-16(17(23)20-10-13-3-2-8-19-9-13)11-22(21-12)15-6-4-14(18)5-7-15/h2-9,11H,10H2,1H3,(H,20,23). The molecule has 23 heavy (non-hydrogen) atoms. The van der Waals surface area contributed by atoms with Crippen LogP contribution in [0, 0.1) is 6.92 Å². The maximum atomic E-state index is 12.3. The number of pyridine rings is 1. The van der Waals surface area contributed by atoms with Gasteiger partial charge in [0.1, 0.15) is 0 Å². The van der Waals surface area contributed by atoms with E-state index in [2.05, 4.69) is 31.3 Å². The molecule has 0 fully saturated rings. The van der Waals surface area contributed by atoms with Gasteiger partial charge in [-0.2, -0.15) is 5.10 Å². The summed E-state index contributed by atoms with van der Waals surface area (Å²) < 4.78 is 2.71. The molecule has 3 rings (SSSR count). The number of aryl methyl sites for hydroxylation is 1. The van der Waals surface area contributed by atoms with Gasteiger partial charge < -0.3 is 5.32 Å². The first-order valence-electron chi connectivity index (χ1n) is 7.13. The zero-order valence-electron chi connectivity index (χ0n) is 12.5. The van der Waals surface area contributed by atoms with E-state index in [0.29, 0.717) is 17.8 Å². The van der Waals surface area contributed by atoms with Crippen molar-refractivity contribution in [2.45, 2.75) is 13.5 Å². The Morgan fingerprint density at radius 1 is 1.26 bits per heavy atom. The van der Waals surface area contributed by atoms with Gasteiger partial charge in [0.05, 0.1) is 16.9 Å². The van der Waals surface area contributed by atoms with Gasteiger partial charge in [0.15, 0.2) is 0 Å². The van der Waals surface area contributed by atoms with Gasteiger partial charge in [-0.1, -0.05) is 22.0 Å². The fourth-order valence-electron chi connectivity index (χ4n) is 2.19. The molecular formula is C17H15BrN4O. The summed E-state index contributed by atoms with van der Waals surface area (Å²) in [6.07, 6.45) is 5.19. The van der Waals surface area contributed by atoms with Crippen molar-refractivity contribution in [3.63, 3.8) is 0 Å². The van der Waals surface area contributed by atoms with Gasteiger partial charge in [0.25, 0.3) is 5.91 Å². The van der Waals surface area contributed by atoms with Crippen molar-refractivity contribution in [2.75, 3.05) is 0 Å². The Morgan fingerprint density at radius 2 is 2.04 bits per heavy atom. The molecule has 1 N–H and O–H groups in total. The lowest BCUT2D eigenvalue weighted by atomic mass is 10.2. The highest BCUT2D eigenvalue weighted by atomic mass is 79.9. The number of amides is 1. The van der Waals surface area contributed by atoms with Crippen LogP contribution in [0.25, 0.3) is 5.69 Å². The highest BCUT2D eigenvalue weighted by Crippen LogP contribution is 2.15. The molecule has 0 aliphatic carbocycles. The third-order valence-corrected chi connectivity index (χ3v) is 3.94. The van der Waals surface area contributed by atoms with E-state index < -0.39 is 0 Å². The molecule has 0 aliphatic heterocycles. The minimum atomic E-state index is -0.144. The van der Waals surface area contributed by atoms with Gasteiger partial charge >= 0.3 is 0 Å². The molecule has 0 spiro atoms. The number of aromatic nitrogens is 3. The van der Waals surface area contributed by atoms with Crippen LogP contribution in [0.15, 0.2) is 59.5 Å². The third kappa shape index (κ3) is 3.65. The Balaban J connectivity index is 1.75. The van der Waals surface area contributed by atoms with E-state index in [-0.39, 0.29) is 5.91 Å². The van der Waals surface area contributed by atoms with Crippen LogP contribution in [0.2, 0.25) is 0 Å². The second kappa shape index (κ2) is 6.75. The van der Waals surface area contributed by atoms with Crippen molar-refractivity contribution < 1.29 is 4.79 Å². The Morgan fingerprint density at radius 3 is 2.74 bits per heavy atom. The molecule has 1 amide bonds. The maximum absolute atomic E-state index is 12.3. The van der Waals surface area contributed by atoms with Gasteiger partial charge in [0, 0.05) is 29.6 Å². The number of nitrogens with one attached hydrogen (secondary N) is 1. The molecule has 0 aliphatic rings. The molecule has 0 bridgehead atoms. The first kappa shape index (κ1) is 15.4. The average molecular weight is 371 g/mol. The highest BCUT2D eigenvalue weighted by Gasteiger charge is 2.14. The van der Waals surface area contributed by atoms with E-state index in [1.165, 1.54) is 0 Å². The lowest BCUT2D eigenvalue weighted by molar-refractivity contribution is 0.0950. The zero-order valence-corrected chi connectivity index (χ0v) is 14.1. The topological polar surface area (TPSA) is 59.8 Å². The normalized spacial score (nSPS) is 10.5. The molecule has 116 valence electrons. The lowest BCUT2D eigenvalue weighted by Gasteiger charge is -2.03. The van der Waals surface area contributed by atoms with Crippen molar-refractivity contribution in [2.24, 2.45) is 0 Å². The lowest BCUT2D eigenvalue weighted by Crippen LogP contribution is -2.23. The highest BCUT2D eigenvalue weighted by molar-refractivity contribution is 9.10. The minimum absolute atomic E-state index is 0.144. The van der Waals surface area contributed by atoms with Crippen LogP contribution in [0.3, 0.4) is 0 Å². The zero-order chi connectivity index (χ0) is 16.2. The SMILES string of the molecule is Cc1nn(-c2ccc(Br)cc2)cc1C(=O)NCc1cccnc1. The summed E-state index contributed by atoms with van der Waals surface area (Å²) >= 11 is 3.40. The summed E-state index contributed by atoms with van der Waals surface area (Å²) in [6.45, 7) is 2.27. The Labute approximate surface area is 142 Å². The molecule has 1 aromatic carbocycles. The number of halogens is 1. The van der Waals surface area contributed by atoms with Gasteiger partial charge in [0.2, 0.25) is 0 Å². The molecule has 2 aromatic heterocycles. The number of benzene rings is 1. The van der Waals surface area contributed by atoms with Gasteiger partial charge in [-0.05, 0) is 42.8 Å². The molecule has 0 atom stereocenters. The van der Waals surface area contributed by atoms with E-state index in [1.54, 1.807) is 23.3 Å². The number of hydrogen-bond acceptors (Lipinski definition) is 3. The van der Waals surface area contributed by atoms with Crippen molar-refractivity contribution in [3.05, 3.63) is 76.3 Å². The number of carbonyl (C=O) groups excluding carboxylic acids is 1. The first-order valence-corrected chi connectivity index (χ1v) is 7.92. The predicted octanol–water partition coefficient (Wildman–Crippen LogP) is 3.27. The molecule has 0 unspecified atom stereocenters. The van der Waals surface area contributed by atoms with Crippen molar-refractivity contribution >= 4 is 21.8 Å². The summed E-state index contributed by atoms with van der Waals surface area (Å²) in [6, 6.07) is 11.5. The van der Waals surface area contributed by atoms with Crippen LogP contribution in [-0.4, -0.2) is 20.7 Å². The molecule has 3 aromatic rings. The number of carbonyl (C=O) groups is 1. The monoisotopic (exact) mass is 370 g/mol.